The Kier molecular flexibility index (Phi) is 34.1. The smallest absolute Gasteiger partial charge is 0.160 e. The molecule has 0 rings (SSSR count). The topological polar surface area (TPSA) is 201 Å². The third-order valence-corrected chi connectivity index (χ3v) is 8.70. The van der Waals surface area contributed by atoms with Crippen LogP contribution in [0.15, 0.2) is 59.2 Å². The van der Waals surface area contributed by atoms with Gasteiger partial charge in [-0.2, -0.15) is 0 Å². The van der Waals surface area contributed by atoms with E-state index >= 15 is 0 Å². The second kappa shape index (κ2) is 29.0. The molecule has 0 aliphatic heterocycles. The predicted octanol–water partition coefficient (Wildman–Crippen LogP) is 9.45. The molecule has 0 bridgehead atoms. The summed E-state index contributed by atoms with van der Waals surface area (Å²) in [6.45, 7) is 54.2. The van der Waals surface area contributed by atoms with Crippen LogP contribution in [0.25, 0.3) is 0 Å². The first-order valence-electron chi connectivity index (χ1n) is 22.4. The zero-order valence-corrected chi connectivity index (χ0v) is 52.3. The molecule has 0 aliphatic carbocycles. The minimum Gasteiger partial charge on any atom is -0.875 e. The van der Waals surface area contributed by atoms with E-state index in [1.54, 1.807) is 0 Å². The Morgan fingerprint density at radius 2 is 0.284 bits per heavy atom. The fourth-order valence-electron chi connectivity index (χ4n) is 2.76. The van der Waals surface area contributed by atoms with Crippen LogP contribution in [-0.2, 0) is 68.7 Å². The summed E-state index contributed by atoms with van der Waals surface area (Å²) in [5.41, 5.74) is -4.57. The third-order valence-electron chi connectivity index (χ3n) is 8.70. The van der Waals surface area contributed by atoms with Crippen molar-refractivity contribution in [1.29, 1.82) is 0 Å². The fraction of sp³-hybridized carbons (Fsp3) is 0.727. The van der Waals surface area contributed by atoms with Crippen molar-refractivity contribution in [1.82, 2.24) is 0 Å². The second-order valence-corrected chi connectivity index (χ2v) is 26.9. The summed E-state index contributed by atoms with van der Waals surface area (Å²) in [6.07, 6.45) is 6.11. The first-order chi connectivity index (χ1) is 27.7. The predicted molar refractivity (Wildman–Crippen MR) is 260 cm³/mol. The molecule has 10 nitrogen and oxygen atoms in total. The Labute approximate surface area is 441 Å². The molecule has 0 unspecified atom stereocenters. The normalized spacial score (nSPS) is 14.0. The number of carbonyl (C=O) groups is 5. The zero-order valence-electron chi connectivity index (χ0n) is 47.9. The van der Waals surface area contributed by atoms with E-state index in [0.29, 0.717) is 0 Å². The van der Waals surface area contributed by atoms with Crippen LogP contribution in [0.2, 0.25) is 0 Å². The summed E-state index contributed by atoms with van der Waals surface area (Å²) in [5.74, 6) is -1.04. The minimum absolute atomic E-state index is 0. The van der Waals surface area contributed by atoms with Gasteiger partial charge in [-0.05, 0) is 57.5 Å². The molecule has 0 aliphatic rings. The zero-order chi connectivity index (χ0) is 54.3. The molecule has 0 amide bonds. The molecule has 0 aromatic rings. The van der Waals surface area contributed by atoms with Gasteiger partial charge < -0.3 is 25.5 Å². The maximum absolute atomic E-state index is 11.4. The molecule has 12 heteroatoms. The van der Waals surface area contributed by atoms with E-state index in [9.17, 15) is 49.5 Å². The molecule has 0 saturated carbocycles. The van der Waals surface area contributed by atoms with Crippen LogP contribution in [0.5, 0.6) is 0 Å². The third kappa shape index (κ3) is 40.0. The number of hydrogen-bond acceptors (Lipinski definition) is 10. The van der Waals surface area contributed by atoms with E-state index in [1.165, 1.54) is 30.4 Å². The molecular weight excluding hydrogens is 1010 g/mol. The van der Waals surface area contributed by atoms with Gasteiger partial charge in [-0.25, -0.2) is 0 Å². The molecule has 0 saturated heterocycles. The van der Waals surface area contributed by atoms with Gasteiger partial charge in [0, 0.05) is 71.8 Å². The molecule has 0 heterocycles. The van der Waals surface area contributed by atoms with Gasteiger partial charge in [-0.3, -0.25) is 24.0 Å². The fourth-order valence-corrected chi connectivity index (χ4v) is 2.76. The molecule has 0 spiro atoms. The summed E-state index contributed by atoms with van der Waals surface area (Å²) in [7, 11) is 0. The van der Waals surface area contributed by atoms with E-state index in [-0.39, 0.29) is 102 Å². The molecule has 390 valence electrons. The summed E-state index contributed by atoms with van der Waals surface area (Å²) in [6, 6.07) is 0. The van der Waals surface area contributed by atoms with E-state index in [4.69, 9.17) is 0 Å². The van der Waals surface area contributed by atoms with Gasteiger partial charge in [0.1, 0.15) is 0 Å². The largest absolute Gasteiger partial charge is 0.875 e. The summed E-state index contributed by atoms with van der Waals surface area (Å²) < 4.78 is 0. The van der Waals surface area contributed by atoms with Crippen LogP contribution >= 0.6 is 0 Å². The van der Waals surface area contributed by atoms with Gasteiger partial charge in [-0.15, -0.1) is 28.8 Å². The number of carbonyl (C=O) groups excluding carboxylic acids is 5. The van der Waals surface area contributed by atoms with Crippen LogP contribution < -0.4 is 25.5 Å². The second-order valence-electron chi connectivity index (χ2n) is 26.9. The SMILES string of the molecule is CC(C)(C)C(=O)/C=C(/[O-])C(C)(C)C.CC(C)(C)C(=O)/C=C(/[O-])C(C)(C)C.CC(C)(C)C(=O)/C=C(/[O-])C(C)(C)C.CC(C)(C)C(=O)/C=C(\[O-])C(C)(C)C.CC(C)(C)C(=O)/C=C(\[O-])C(C)(C)C.[Nb].[Nb]. The Morgan fingerprint density at radius 3 is 0.328 bits per heavy atom. The van der Waals surface area contributed by atoms with Gasteiger partial charge in [0.15, 0.2) is 28.9 Å². The Balaban J connectivity index is -0.000000133. The molecule has 0 fully saturated rings. The van der Waals surface area contributed by atoms with E-state index in [1.807, 2.05) is 208 Å². The maximum Gasteiger partial charge on any atom is 0.160 e. The number of hydrogen-bond donors (Lipinski definition) is 0. The van der Waals surface area contributed by atoms with Gasteiger partial charge in [-0.1, -0.05) is 208 Å². The number of ketones is 5. The average Bonchev–Trinajstić information content (AvgIpc) is 3.01. The van der Waals surface area contributed by atoms with Crippen molar-refractivity contribution in [2.75, 3.05) is 0 Å². The summed E-state index contributed by atoms with van der Waals surface area (Å²) >= 11 is 0. The number of allylic oxidation sites excluding steroid dienone is 10. The van der Waals surface area contributed by atoms with Gasteiger partial charge in [0.05, 0.1) is 0 Å². The Bertz CT molecular complexity index is 1430. The Morgan fingerprint density at radius 1 is 0.209 bits per heavy atom. The molecular formula is C55H95Nb2O10-5. The molecule has 0 atom stereocenters. The van der Waals surface area contributed by atoms with Crippen molar-refractivity contribution >= 4 is 28.9 Å². The van der Waals surface area contributed by atoms with Crippen LogP contribution in [0, 0.1) is 54.1 Å². The molecule has 0 aromatic carbocycles. The van der Waals surface area contributed by atoms with Gasteiger partial charge >= 0.3 is 0 Å². The van der Waals surface area contributed by atoms with Crippen molar-refractivity contribution in [2.45, 2.75) is 208 Å². The molecule has 2 radical (unpaired) electrons. The quantitative estimate of drug-likeness (QED) is 0.145. The summed E-state index contributed by atoms with van der Waals surface area (Å²) in [4.78, 5) is 57.2. The average molecular weight is 1100 g/mol. The van der Waals surface area contributed by atoms with Crippen molar-refractivity contribution < 1.29 is 94.3 Å². The monoisotopic (exact) mass is 1100 g/mol. The van der Waals surface area contributed by atoms with Gasteiger partial charge in [0.2, 0.25) is 0 Å². The van der Waals surface area contributed by atoms with Crippen LogP contribution in [-0.4, -0.2) is 28.9 Å². The Hall–Kier alpha value is -2.47. The number of rotatable bonds is 5. The molecule has 67 heavy (non-hydrogen) atoms. The van der Waals surface area contributed by atoms with Crippen LogP contribution in [0.3, 0.4) is 0 Å². The standard InChI is InChI=1S/5C11H20O2.2Nb/c5*1-10(2,3)8(12)7-9(13)11(4,5)6;;/h5*7,12H,1-6H3;;/p-5/b3*8-7+;2*8-7-;;. The van der Waals surface area contributed by atoms with Crippen molar-refractivity contribution in [3.05, 3.63) is 59.2 Å². The van der Waals surface area contributed by atoms with E-state index in [2.05, 4.69) is 0 Å². The first-order valence-corrected chi connectivity index (χ1v) is 22.4. The van der Waals surface area contributed by atoms with Crippen LogP contribution in [0.1, 0.15) is 208 Å². The minimum atomic E-state index is -0.457. The molecule has 0 aromatic heterocycles. The van der Waals surface area contributed by atoms with Crippen molar-refractivity contribution in [2.24, 2.45) is 54.1 Å². The first kappa shape index (κ1) is 78.7. The summed E-state index contributed by atoms with van der Waals surface area (Å²) in [5, 5.41) is 57.2. The van der Waals surface area contributed by atoms with Crippen molar-refractivity contribution in [3.8, 4) is 0 Å². The molecule has 0 N–H and O–H groups in total. The van der Waals surface area contributed by atoms with E-state index in [0.717, 1.165) is 0 Å². The van der Waals surface area contributed by atoms with E-state index < -0.39 is 54.1 Å². The van der Waals surface area contributed by atoms with Crippen molar-refractivity contribution in [3.63, 3.8) is 0 Å². The van der Waals surface area contributed by atoms with Crippen LogP contribution in [0.4, 0.5) is 0 Å². The maximum atomic E-state index is 11.4. The van der Waals surface area contributed by atoms with Gasteiger partial charge in [0.25, 0.3) is 0 Å².